The lowest BCUT2D eigenvalue weighted by atomic mass is 9.84. The molecule has 0 aliphatic carbocycles. The normalized spacial score (nSPS) is 21.3. The minimum Gasteiger partial charge on any atom is -0.469 e. The van der Waals surface area contributed by atoms with E-state index in [1.807, 2.05) is 12.1 Å². The highest BCUT2D eigenvalue weighted by molar-refractivity contribution is 5.02. The fourth-order valence-corrected chi connectivity index (χ4v) is 2.68. The Morgan fingerprint density at radius 2 is 2.12 bits per heavy atom. The second kappa shape index (κ2) is 5.69. The van der Waals surface area contributed by atoms with E-state index >= 15 is 0 Å². The summed E-state index contributed by atoms with van der Waals surface area (Å²) in [5.74, 6) is 1.05. The third kappa shape index (κ3) is 3.58. The third-order valence-corrected chi connectivity index (χ3v) is 3.73. The van der Waals surface area contributed by atoms with Crippen molar-refractivity contribution in [3.05, 3.63) is 24.2 Å². The second-order valence-electron chi connectivity index (χ2n) is 5.61. The van der Waals surface area contributed by atoms with Crippen LogP contribution in [0.25, 0.3) is 0 Å². The molecule has 17 heavy (non-hydrogen) atoms. The van der Waals surface area contributed by atoms with Crippen LogP contribution < -0.4 is 5.73 Å². The van der Waals surface area contributed by atoms with Gasteiger partial charge in [-0.15, -0.1) is 0 Å². The van der Waals surface area contributed by atoms with Gasteiger partial charge < -0.3 is 15.1 Å². The SMILES string of the molecule is CC(CN)(Cc1ccco1)CN1CCCCC1. The average Bonchev–Trinajstić information content (AvgIpc) is 2.83. The van der Waals surface area contributed by atoms with Gasteiger partial charge in [-0.25, -0.2) is 0 Å². The number of hydrogen-bond donors (Lipinski definition) is 1. The van der Waals surface area contributed by atoms with Crippen LogP contribution in [0.4, 0.5) is 0 Å². The first-order chi connectivity index (χ1) is 8.22. The second-order valence-corrected chi connectivity index (χ2v) is 5.61. The quantitative estimate of drug-likeness (QED) is 0.853. The van der Waals surface area contributed by atoms with Crippen molar-refractivity contribution in [2.45, 2.75) is 32.6 Å². The molecule has 0 aromatic carbocycles. The van der Waals surface area contributed by atoms with E-state index in [2.05, 4.69) is 11.8 Å². The number of rotatable bonds is 5. The minimum absolute atomic E-state index is 0.134. The summed E-state index contributed by atoms with van der Waals surface area (Å²) in [6, 6.07) is 4.00. The van der Waals surface area contributed by atoms with Crippen LogP contribution in [0.3, 0.4) is 0 Å². The minimum atomic E-state index is 0.134. The Morgan fingerprint density at radius 3 is 2.71 bits per heavy atom. The Balaban J connectivity index is 1.93. The summed E-state index contributed by atoms with van der Waals surface area (Å²) in [5, 5.41) is 0. The molecular weight excluding hydrogens is 212 g/mol. The molecule has 1 saturated heterocycles. The Morgan fingerprint density at radius 1 is 1.35 bits per heavy atom. The summed E-state index contributed by atoms with van der Waals surface area (Å²) in [4.78, 5) is 2.55. The maximum atomic E-state index is 5.97. The first-order valence-electron chi connectivity index (χ1n) is 6.67. The van der Waals surface area contributed by atoms with Crippen molar-refractivity contribution < 1.29 is 4.42 Å². The van der Waals surface area contributed by atoms with E-state index in [1.54, 1.807) is 6.26 Å². The molecule has 2 rings (SSSR count). The predicted octanol–water partition coefficient (Wildman–Crippen LogP) is 2.27. The summed E-state index contributed by atoms with van der Waals surface area (Å²) in [7, 11) is 0. The summed E-state index contributed by atoms with van der Waals surface area (Å²) in [6.07, 6.45) is 6.73. The molecule has 0 amide bonds. The fraction of sp³-hybridized carbons (Fsp3) is 0.714. The number of hydrogen-bond acceptors (Lipinski definition) is 3. The smallest absolute Gasteiger partial charge is 0.104 e. The van der Waals surface area contributed by atoms with Crippen LogP contribution in [0.1, 0.15) is 31.9 Å². The predicted molar refractivity (Wildman–Crippen MR) is 69.9 cm³/mol. The number of furan rings is 1. The molecule has 1 aromatic rings. The van der Waals surface area contributed by atoms with Gasteiger partial charge in [-0.05, 0) is 50.0 Å². The molecule has 1 aromatic heterocycles. The molecule has 1 aliphatic heterocycles. The summed E-state index contributed by atoms with van der Waals surface area (Å²) < 4.78 is 5.45. The van der Waals surface area contributed by atoms with Crippen LogP contribution in [-0.4, -0.2) is 31.1 Å². The van der Waals surface area contributed by atoms with E-state index in [0.717, 1.165) is 18.7 Å². The van der Waals surface area contributed by atoms with E-state index in [4.69, 9.17) is 10.2 Å². The van der Waals surface area contributed by atoms with Crippen molar-refractivity contribution in [1.29, 1.82) is 0 Å². The van der Waals surface area contributed by atoms with Crippen LogP contribution >= 0.6 is 0 Å². The Labute approximate surface area is 104 Å². The maximum Gasteiger partial charge on any atom is 0.104 e. The standard InChI is InChI=1S/C14H24N2O/c1-14(11-15,10-13-6-5-9-17-13)12-16-7-3-2-4-8-16/h5-6,9H,2-4,7-8,10-12,15H2,1H3. The van der Waals surface area contributed by atoms with E-state index in [0.29, 0.717) is 6.54 Å². The molecule has 1 unspecified atom stereocenters. The zero-order valence-electron chi connectivity index (χ0n) is 10.8. The Hall–Kier alpha value is -0.800. The molecule has 3 nitrogen and oxygen atoms in total. The average molecular weight is 236 g/mol. The lowest BCUT2D eigenvalue weighted by Crippen LogP contribution is -2.44. The van der Waals surface area contributed by atoms with Crippen LogP contribution in [-0.2, 0) is 6.42 Å². The largest absolute Gasteiger partial charge is 0.469 e. The first kappa shape index (κ1) is 12.7. The zero-order valence-corrected chi connectivity index (χ0v) is 10.8. The summed E-state index contributed by atoms with van der Waals surface area (Å²) in [5.41, 5.74) is 6.11. The Bertz CT molecular complexity index is 317. The summed E-state index contributed by atoms with van der Waals surface area (Å²) in [6.45, 7) is 6.53. The molecule has 3 heteroatoms. The monoisotopic (exact) mass is 236 g/mol. The van der Waals surface area contributed by atoms with Crippen molar-refractivity contribution in [2.24, 2.45) is 11.1 Å². The van der Waals surface area contributed by atoms with Crippen molar-refractivity contribution in [3.8, 4) is 0 Å². The van der Waals surface area contributed by atoms with Gasteiger partial charge in [-0.1, -0.05) is 13.3 Å². The molecule has 0 radical (unpaired) electrons. The number of nitrogens with two attached hydrogens (primary N) is 1. The van der Waals surface area contributed by atoms with Crippen molar-refractivity contribution in [2.75, 3.05) is 26.2 Å². The van der Waals surface area contributed by atoms with E-state index < -0.39 is 0 Å². The lowest BCUT2D eigenvalue weighted by Gasteiger charge is -2.36. The van der Waals surface area contributed by atoms with Crippen molar-refractivity contribution in [1.82, 2.24) is 4.90 Å². The van der Waals surface area contributed by atoms with Gasteiger partial charge in [-0.2, -0.15) is 0 Å². The van der Waals surface area contributed by atoms with Crippen molar-refractivity contribution in [3.63, 3.8) is 0 Å². The van der Waals surface area contributed by atoms with Crippen LogP contribution in [0.2, 0.25) is 0 Å². The topological polar surface area (TPSA) is 42.4 Å². The van der Waals surface area contributed by atoms with Gasteiger partial charge in [0.1, 0.15) is 5.76 Å². The van der Waals surface area contributed by atoms with E-state index in [9.17, 15) is 0 Å². The van der Waals surface area contributed by atoms with Gasteiger partial charge in [0.15, 0.2) is 0 Å². The number of nitrogens with zero attached hydrogens (tertiary/aromatic N) is 1. The Kier molecular flexibility index (Phi) is 4.24. The van der Waals surface area contributed by atoms with Gasteiger partial charge in [-0.3, -0.25) is 0 Å². The maximum absolute atomic E-state index is 5.97. The number of likely N-dealkylation sites (tertiary alicyclic amines) is 1. The van der Waals surface area contributed by atoms with Gasteiger partial charge in [0, 0.05) is 13.0 Å². The molecule has 1 aliphatic rings. The van der Waals surface area contributed by atoms with E-state index in [-0.39, 0.29) is 5.41 Å². The molecule has 1 fully saturated rings. The van der Waals surface area contributed by atoms with Gasteiger partial charge in [0.05, 0.1) is 6.26 Å². The fourth-order valence-electron chi connectivity index (χ4n) is 2.68. The molecule has 0 saturated carbocycles. The van der Waals surface area contributed by atoms with Crippen molar-refractivity contribution >= 4 is 0 Å². The lowest BCUT2D eigenvalue weighted by molar-refractivity contribution is 0.140. The van der Waals surface area contributed by atoms with Gasteiger partial charge in [0.25, 0.3) is 0 Å². The number of piperidine rings is 1. The highest BCUT2D eigenvalue weighted by atomic mass is 16.3. The molecule has 96 valence electrons. The first-order valence-corrected chi connectivity index (χ1v) is 6.67. The zero-order chi connectivity index (χ0) is 12.1. The van der Waals surface area contributed by atoms with Crippen LogP contribution in [0, 0.1) is 5.41 Å². The van der Waals surface area contributed by atoms with Crippen LogP contribution in [0.15, 0.2) is 22.8 Å². The van der Waals surface area contributed by atoms with E-state index in [1.165, 1.54) is 32.4 Å². The van der Waals surface area contributed by atoms with Crippen LogP contribution in [0.5, 0.6) is 0 Å². The molecule has 1 atom stereocenters. The van der Waals surface area contributed by atoms with Gasteiger partial charge >= 0.3 is 0 Å². The molecule has 2 N–H and O–H groups in total. The highest BCUT2D eigenvalue weighted by Crippen LogP contribution is 2.24. The highest BCUT2D eigenvalue weighted by Gasteiger charge is 2.27. The summed E-state index contributed by atoms with van der Waals surface area (Å²) >= 11 is 0. The molecular formula is C14H24N2O. The molecule has 0 spiro atoms. The third-order valence-electron chi connectivity index (χ3n) is 3.73. The van der Waals surface area contributed by atoms with Gasteiger partial charge in [0.2, 0.25) is 0 Å². The molecule has 2 heterocycles. The molecule has 0 bridgehead atoms.